The third-order valence-corrected chi connectivity index (χ3v) is 4.97. The summed E-state index contributed by atoms with van der Waals surface area (Å²) in [6, 6.07) is 7.07. The number of carbonyl (C=O) groups is 2. The van der Waals surface area contributed by atoms with Crippen LogP contribution in [0.2, 0.25) is 0 Å². The van der Waals surface area contributed by atoms with E-state index in [1.54, 1.807) is 29.2 Å². The van der Waals surface area contributed by atoms with Crippen molar-refractivity contribution in [1.29, 1.82) is 0 Å². The molecule has 26 heavy (non-hydrogen) atoms. The number of aryl methyl sites for hydroxylation is 1. The van der Waals surface area contributed by atoms with E-state index in [4.69, 9.17) is 4.74 Å². The van der Waals surface area contributed by atoms with E-state index in [1.807, 2.05) is 36.6 Å². The summed E-state index contributed by atoms with van der Waals surface area (Å²) in [4.78, 5) is 30.1. The molecule has 0 saturated carbocycles. The summed E-state index contributed by atoms with van der Waals surface area (Å²) in [5.41, 5.74) is 1.69. The van der Waals surface area contributed by atoms with Gasteiger partial charge in [-0.05, 0) is 26.0 Å². The van der Waals surface area contributed by atoms with Gasteiger partial charge in [-0.25, -0.2) is 4.98 Å². The average Bonchev–Trinajstić information content (AvgIpc) is 3.06. The molecule has 1 saturated heterocycles. The van der Waals surface area contributed by atoms with Crippen LogP contribution in [0.1, 0.15) is 23.2 Å². The maximum absolute atomic E-state index is 12.4. The Kier molecular flexibility index (Phi) is 5.68. The number of amides is 2. The lowest BCUT2D eigenvalue weighted by Crippen LogP contribution is -2.55. The van der Waals surface area contributed by atoms with Crippen LogP contribution >= 0.6 is 11.3 Å². The summed E-state index contributed by atoms with van der Waals surface area (Å²) in [6.07, 6.45) is 3.22. The molecule has 1 aromatic heterocycles. The third-order valence-electron chi connectivity index (χ3n) is 4.15. The van der Waals surface area contributed by atoms with Crippen molar-refractivity contribution in [1.82, 2.24) is 15.2 Å². The maximum Gasteiger partial charge on any atom is 0.247 e. The van der Waals surface area contributed by atoms with Crippen LogP contribution in [0.15, 0.2) is 35.7 Å². The van der Waals surface area contributed by atoms with Gasteiger partial charge in [0.25, 0.3) is 0 Å². The van der Waals surface area contributed by atoms with Crippen molar-refractivity contribution >= 4 is 29.2 Å². The molecule has 0 aliphatic carbocycles. The molecule has 2 aromatic rings. The Morgan fingerprint density at radius 1 is 1.46 bits per heavy atom. The standard InChI is InChI=1S/C19H21N3O3S/c1-13-19(24)20-9-10-22(13)18(23)8-7-15-5-3-4-6-17(15)25-11-16-12-26-14(2)21-16/h3-8,12-13H,9-11H2,1-2H3,(H,20,24)/b8-7+. The lowest BCUT2D eigenvalue weighted by Gasteiger charge is -2.31. The lowest BCUT2D eigenvalue weighted by atomic mass is 10.1. The molecule has 136 valence electrons. The molecule has 7 heteroatoms. The van der Waals surface area contributed by atoms with Crippen molar-refractivity contribution in [2.24, 2.45) is 0 Å². The van der Waals surface area contributed by atoms with E-state index >= 15 is 0 Å². The average molecular weight is 371 g/mol. The van der Waals surface area contributed by atoms with Gasteiger partial charge in [0, 0.05) is 30.1 Å². The number of hydrogen-bond acceptors (Lipinski definition) is 5. The largest absolute Gasteiger partial charge is 0.487 e. The second-order valence-corrected chi connectivity index (χ2v) is 7.08. The zero-order valence-corrected chi connectivity index (χ0v) is 15.6. The minimum Gasteiger partial charge on any atom is -0.487 e. The van der Waals surface area contributed by atoms with E-state index in [0.29, 0.717) is 25.4 Å². The van der Waals surface area contributed by atoms with Crippen molar-refractivity contribution in [3.8, 4) is 5.75 Å². The van der Waals surface area contributed by atoms with Gasteiger partial charge in [-0.3, -0.25) is 9.59 Å². The van der Waals surface area contributed by atoms with Gasteiger partial charge in [-0.2, -0.15) is 0 Å². The highest BCUT2D eigenvalue weighted by atomic mass is 32.1. The van der Waals surface area contributed by atoms with Crippen LogP contribution in [0.4, 0.5) is 0 Å². The molecule has 1 N–H and O–H groups in total. The number of para-hydroxylation sites is 1. The maximum atomic E-state index is 12.4. The van der Waals surface area contributed by atoms with Crippen molar-refractivity contribution in [2.75, 3.05) is 13.1 Å². The molecular formula is C19H21N3O3S. The number of nitrogens with zero attached hydrogens (tertiary/aromatic N) is 2. The van der Waals surface area contributed by atoms with Crippen LogP contribution in [-0.4, -0.2) is 40.8 Å². The first-order valence-corrected chi connectivity index (χ1v) is 9.32. The number of aromatic nitrogens is 1. The van der Waals surface area contributed by atoms with Gasteiger partial charge in [0.05, 0.1) is 10.7 Å². The van der Waals surface area contributed by atoms with Crippen LogP contribution in [-0.2, 0) is 16.2 Å². The van der Waals surface area contributed by atoms with Crippen molar-refractivity contribution in [3.05, 3.63) is 52.0 Å². The van der Waals surface area contributed by atoms with Crippen LogP contribution in [0.25, 0.3) is 6.08 Å². The number of thiazole rings is 1. The van der Waals surface area contributed by atoms with Crippen LogP contribution < -0.4 is 10.1 Å². The number of carbonyl (C=O) groups excluding carboxylic acids is 2. The molecule has 0 radical (unpaired) electrons. The minimum absolute atomic E-state index is 0.125. The molecule has 3 rings (SSSR count). The van der Waals surface area contributed by atoms with E-state index in [1.165, 1.54) is 6.08 Å². The van der Waals surface area contributed by atoms with E-state index in [9.17, 15) is 9.59 Å². The minimum atomic E-state index is -0.458. The normalized spacial score (nSPS) is 17.4. The summed E-state index contributed by atoms with van der Waals surface area (Å²) >= 11 is 1.59. The summed E-state index contributed by atoms with van der Waals surface area (Å²) in [5, 5.41) is 5.73. The van der Waals surface area contributed by atoms with Crippen LogP contribution in [0.3, 0.4) is 0 Å². The van der Waals surface area contributed by atoms with Gasteiger partial charge in [0.15, 0.2) is 0 Å². The Bertz CT molecular complexity index is 831. The molecule has 0 spiro atoms. The molecule has 1 fully saturated rings. The number of nitrogens with one attached hydrogen (secondary N) is 1. The highest BCUT2D eigenvalue weighted by Crippen LogP contribution is 2.21. The Labute approximate surface area is 156 Å². The summed E-state index contributed by atoms with van der Waals surface area (Å²) in [6.45, 7) is 5.06. The fraction of sp³-hybridized carbons (Fsp3) is 0.316. The predicted octanol–water partition coefficient (Wildman–Crippen LogP) is 2.39. The summed E-state index contributed by atoms with van der Waals surface area (Å²) in [7, 11) is 0. The highest BCUT2D eigenvalue weighted by molar-refractivity contribution is 7.09. The zero-order valence-electron chi connectivity index (χ0n) is 14.8. The second kappa shape index (κ2) is 8.14. The number of rotatable bonds is 5. The number of ether oxygens (including phenoxy) is 1. The van der Waals surface area contributed by atoms with Crippen LogP contribution in [0, 0.1) is 6.92 Å². The second-order valence-electron chi connectivity index (χ2n) is 6.02. The molecule has 6 nitrogen and oxygen atoms in total. The van der Waals surface area contributed by atoms with Gasteiger partial charge in [-0.1, -0.05) is 18.2 Å². The van der Waals surface area contributed by atoms with Gasteiger partial charge in [0.2, 0.25) is 11.8 Å². The summed E-state index contributed by atoms with van der Waals surface area (Å²) < 4.78 is 5.86. The lowest BCUT2D eigenvalue weighted by molar-refractivity contribution is -0.139. The SMILES string of the molecule is Cc1nc(COc2ccccc2/C=C/C(=O)N2CCNC(=O)C2C)cs1. The molecule has 1 atom stereocenters. The number of benzene rings is 1. The molecule has 1 unspecified atom stereocenters. The van der Waals surface area contributed by atoms with Crippen molar-refractivity contribution in [2.45, 2.75) is 26.5 Å². The first kappa shape index (κ1) is 18.1. The third kappa shape index (κ3) is 4.29. The van der Waals surface area contributed by atoms with E-state index in [-0.39, 0.29) is 11.8 Å². The fourth-order valence-corrected chi connectivity index (χ4v) is 3.31. The molecule has 1 aliphatic rings. The van der Waals surface area contributed by atoms with Gasteiger partial charge in [-0.15, -0.1) is 11.3 Å². The van der Waals surface area contributed by atoms with Crippen molar-refractivity contribution < 1.29 is 14.3 Å². The molecular weight excluding hydrogens is 350 g/mol. The predicted molar refractivity (Wildman–Crippen MR) is 101 cm³/mol. The Morgan fingerprint density at radius 3 is 3.04 bits per heavy atom. The van der Waals surface area contributed by atoms with Crippen LogP contribution in [0.5, 0.6) is 5.75 Å². The summed E-state index contributed by atoms with van der Waals surface area (Å²) in [5.74, 6) is 0.379. The van der Waals surface area contributed by atoms with E-state index in [0.717, 1.165) is 16.3 Å². The van der Waals surface area contributed by atoms with Crippen molar-refractivity contribution in [3.63, 3.8) is 0 Å². The molecule has 0 bridgehead atoms. The molecule has 2 heterocycles. The molecule has 1 aromatic carbocycles. The topological polar surface area (TPSA) is 71.5 Å². The van der Waals surface area contributed by atoms with Gasteiger partial charge < -0.3 is 15.0 Å². The van der Waals surface area contributed by atoms with Gasteiger partial charge in [0.1, 0.15) is 18.4 Å². The first-order chi connectivity index (χ1) is 12.5. The van der Waals surface area contributed by atoms with E-state index < -0.39 is 6.04 Å². The zero-order chi connectivity index (χ0) is 18.5. The van der Waals surface area contributed by atoms with Gasteiger partial charge >= 0.3 is 0 Å². The van der Waals surface area contributed by atoms with E-state index in [2.05, 4.69) is 10.3 Å². The Morgan fingerprint density at radius 2 is 2.27 bits per heavy atom. The highest BCUT2D eigenvalue weighted by Gasteiger charge is 2.27. The number of hydrogen-bond donors (Lipinski definition) is 1. The smallest absolute Gasteiger partial charge is 0.247 e. The number of piperazine rings is 1. The first-order valence-electron chi connectivity index (χ1n) is 8.44. The molecule has 1 aliphatic heterocycles. The Balaban J connectivity index is 1.68. The Hall–Kier alpha value is -2.67. The fourth-order valence-electron chi connectivity index (χ4n) is 2.72. The monoisotopic (exact) mass is 371 g/mol. The molecule has 2 amide bonds. The quantitative estimate of drug-likeness (QED) is 0.819.